The zero-order valence-electron chi connectivity index (χ0n) is 16.2. The number of hydrogen-bond donors (Lipinski definition) is 4. The molecule has 9 nitrogen and oxygen atoms in total. The number of aromatic nitrogens is 2. The predicted molar refractivity (Wildman–Crippen MR) is 109 cm³/mol. The Bertz CT molecular complexity index is 762. The van der Waals surface area contributed by atoms with Gasteiger partial charge in [-0.1, -0.05) is 25.0 Å². The normalized spacial score (nSPS) is 17.0. The summed E-state index contributed by atoms with van der Waals surface area (Å²) in [6, 6.07) is 10.2. The number of ether oxygens (including phenoxy) is 1. The number of nitrogens with one attached hydrogen (secondary N) is 4. The van der Waals surface area contributed by atoms with Gasteiger partial charge in [0.25, 0.3) is 0 Å². The first kappa shape index (κ1) is 20.5. The van der Waals surface area contributed by atoms with Crippen molar-refractivity contribution in [3.63, 3.8) is 0 Å². The lowest BCUT2D eigenvalue weighted by Crippen LogP contribution is -2.30. The molecule has 1 aliphatic rings. The number of pyridine rings is 2. The Morgan fingerprint density at radius 2 is 1.17 bits per heavy atom. The fraction of sp³-hybridized carbons (Fsp3) is 0.400. The van der Waals surface area contributed by atoms with Gasteiger partial charge in [0.05, 0.1) is 24.6 Å². The number of anilines is 2. The molecule has 154 valence electrons. The van der Waals surface area contributed by atoms with Gasteiger partial charge in [-0.15, -0.1) is 0 Å². The van der Waals surface area contributed by atoms with E-state index in [9.17, 15) is 9.59 Å². The summed E-state index contributed by atoms with van der Waals surface area (Å²) < 4.78 is 5.68. The first-order chi connectivity index (χ1) is 14.2. The summed E-state index contributed by atoms with van der Waals surface area (Å²) in [6.07, 6.45) is 3.69. The number of carbonyl (C=O) groups excluding carboxylic acids is 2. The number of carbonyl (C=O) groups is 2. The summed E-state index contributed by atoms with van der Waals surface area (Å²) in [5.41, 5.74) is 1.39. The topological polar surface area (TPSA) is 117 Å². The van der Waals surface area contributed by atoms with E-state index in [0.717, 1.165) is 25.7 Å². The highest BCUT2D eigenvalue weighted by Gasteiger charge is 2.06. The highest BCUT2D eigenvalue weighted by atomic mass is 16.5. The Hall–Kier alpha value is -3.20. The fourth-order valence-corrected chi connectivity index (χ4v) is 2.85. The first-order valence-corrected chi connectivity index (χ1v) is 9.78. The molecule has 4 N–H and O–H groups in total. The van der Waals surface area contributed by atoms with Crippen molar-refractivity contribution in [2.45, 2.75) is 38.9 Å². The lowest BCUT2D eigenvalue weighted by atomic mass is 10.2. The lowest BCUT2D eigenvalue weighted by molar-refractivity contribution is 0.102. The van der Waals surface area contributed by atoms with E-state index in [1.807, 2.05) is 24.3 Å². The van der Waals surface area contributed by atoms with E-state index in [1.54, 1.807) is 12.1 Å². The van der Waals surface area contributed by atoms with Crippen LogP contribution in [-0.2, 0) is 18.0 Å². The third-order valence-electron chi connectivity index (χ3n) is 4.27. The van der Waals surface area contributed by atoms with Crippen LogP contribution in [-0.4, -0.2) is 35.1 Å². The van der Waals surface area contributed by atoms with Crippen LogP contribution in [0.2, 0.25) is 0 Å². The van der Waals surface area contributed by atoms with Gasteiger partial charge >= 0.3 is 12.1 Å². The molecule has 0 radical (unpaired) electrons. The van der Waals surface area contributed by atoms with Crippen LogP contribution in [0.4, 0.5) is 21.2 Å². The van der Waals surface area contributed by atoms with Gasteiger partial charge in [-0.2, -0.15) is 0 Å². The smallest absolute Gasteiger partial charge is 0.320 e. The zero-order valence-corrected chi connectivity index (χ0v) is 16.2. The van der Waals surface area contributed by atoms with Gasteiger partial charge < -0.3 is 15.4 Å². The van der Waals surface area contributed by atoms with Gasteiger partial charge in [0.15, 0.2) is 0 Å². The molecule has 0 aliphatic carbocycles. The maximum absolute atomic E-state index is 12.0. The Balaban J connectivity index is 1.64. The van der Waals surface area contributed by atoms with Gasteiger partial charge in [0.1, 0.15) is 11.6 Å². The van der Waals surface area contributed by atoms with Crippen molar-refractivity contribution >= 4 is 23.7 Å². The van der Waals surface area contributed by atoms with E-state index in [4.69, 9.17) is 4.74 Å². The number of urea groups is 2. The minimum Gasteiger partial charge on any atom is -0.369 e. The van der Waals surface area contributed by atoms with Crippen LogP contribution < -0.4 is 21.3 Å². The van der Waals surface area contributed by atoms with Gasteiger partial charge in [-0.3, -0.25) is 10.6 Å². The van der Waals surface area contributed by atoms with E-state index in [2.05, 4.69) is 31.2 Å². The first-order valence-electron chi connectivity index (χ1n) is 9.78. The van der Waals surface area contributed by atoms with Crippen molar-refractivity contribution in [2.75, 3.05) is 23.7 Å². The van der Waals surface area contributed by atoms with Crippen LogP contribution in [0.1, 0.15) is 37.1 Å². The Morgan fingerprint density at radius 1 is 0.690 bits per heavy atom. The molecule has 0 unspecified atom stereocenters. The fourth-order valence-electron chi connectivity index (χ4n) is 2.85. The van der Waals surface area contributed by atoms with Crippen molar-refractivity contribution in [1.29, 1.82) is 0 Å². The van der Waals surface area contributed by atoms with E-state index in [0.29, 0.717) is 36.1 Å². The highest BCUT2D eigenvalue weighted by Crippen LogP contribution is 2.10. The molecule has 4 bridgehead atoms. The monoisotopic (exact) mass is 398 g/mol. The van der Waals surface area contributed by atoms with Crippen LogP contribution in [0.3, 0.4) is 0 Å². The number of fused-ring (bicyclic) bond motifs is 4. The molecule has 3 rings (SSSR count). The molecule has 0 fully saturated rings. The lowest BCUT2D eigenvalue weighted by Gasteiger charge is -2.09. The van der Waals surface area contributed by atoms with Crippen LogP contribution in [0.5, 0.6) is 0 Å². The van der Waals surface area contributed by atoms with E-state index in [-0.39, 0.29) is 25.3 Å². The van der Waals surface area contributed by atoms with Crippen LogP contribution in [0.25, 0.3) is 0 Å². The molecule has 4 amide bonds. The SMILES string of the molecule is O=C1NCCCCCCNC(=O)Nc2cccc(n2)COCc2cccc(n2)N1. The summed E-state index contributed by atoms with van der Waals surface area (Å²) in [7, 11) is 0. The van der Waals surface area contributed by atoms with Crippen LogP contribution in [0.15, 0.2) is 36.4 Å². The van der Waals surface area contributed by atoms with Crippen molar-refractivity contribution < 1.29 is 14.3 Å². The van der Waals surface area contributed by atoms with E-state index in [1.165, 1.54) is 0 Å². The number of amides is 4. The Kier molecular flexibility index (Phi) is 7.76. The molecular weight excluding hydrogens is 372 g/mol. The third-order valence-corrected chi connectivity index (χ3v) is 4.27. The van der Waals surface area contributed by atoms with Crippen molar-refractivity contribution in [3.05, 3.63) is 47.8 Å². The van der Waals surface area contributed by atoms with Gasteiger partial charge in [-0.25, -0.2) is 19.6 Å². The van der Waals surface area contributed by atoms with Crippen LogP contribution in [0, 0.1) is 0 Å². The number of hydrogen-bond acceptors (Lipinski definition) is 5. The van der Waals surface area contributed by atoms with Gasteiger partial charge in [-0.05, 0) is 37.1 Å². The standard InChI is InChI=1S/C20H26N6O3/c27-19-21-11-3-1-2-4-12-22-20(28)26-18-10-6-8-16(24-18)14-29-13-15-7-5-9-17(23-15)25-19/h5-10H,1-4,11-14H2,(H2,21,23,25,27)(H2,22,24,26,28). The van der Waals surface area contributed by atoms with E-state index >= 15 is 0 Å². The quantitative estimate of drug-likeness (QED) is 0.544. The highest BCUT2D eigenvalue weighted by molar-refractivity contribution is 5.88. The largest absolute Gasteiger partial charge is 0.369 e. The summed E-state index contributed by atoms with van der Waals surface area (Å²) in [5.74, 6) is 0.951. The molecule has 1 aliphatic heterocycles. The zero-order chi connectivity index (χ0) is 20.3. The molecule has 3 heterocycles. The molecule has 0 saturated carbocycles. The van der Waals surface area contributed by atoms with Crippen molar-refractivity contribution in [1.82, 2.24) is 20.6 Å². The molecule has 0 aromatic carbocycles. The average molecular weight is 398 g/mol. The molecule has 0 atom stereocenters. The van der Waals surface area contributed by atoms with Crippen molar-refractivity contribution in [3.8, 4) is 0 Å². The molecule has 2 aromatic heterocycles. The summed E-state index contributed by atoms with van der Waals surface area (Å²) in [4.78, 5) is 32.7. The predicted octanol–water partition coefficient (Wildman–Crippen LogP) is 3.01. The minimum atomic E-state index is -0.277. The minimum absolute atomic E-state index is 0.275. The van der Waals surface area contributed by atoms with E-state index < -0.39 is 0 Å². The molecule has 9 heteroatoms. The Morgan fingerprint density at radius 3 is 1.66 bits per heavy atom. The average Bonchev–Trinajstić information content (AvgIpc) is 2.70. The van der Waals surface area contributed by atoms with Gasteiger partial charge in [0.2, 0.25) is 0 Å². The second kappa shape index (κ2) is 11.0. The molecule has 0 spiro atoms. The molecule has 2 aromatic rings. The summed E-state index contributed by atoms with van der Waals surface area (Å²) in [6.45, 7) is 1.72. The maximum Gasteiger partial charge on any atom is 0.320 e. The second-order valence-electron chi connectivity index (χ2n) is 6.70. The second-order valence-corrected chi connectivity index (χ2v) is 6.70. The third kappa shape index (κ3) is 7.38. The maximum atomic E-state index is 12.0. The number of nitrogens with zero attached hydrogens (tertiary/aromatic N) is 2. The van der Waals surface area contributed by atoms with Crippen molar-refractivity contribution in [2.24, 2.45) is 0 Å². The van der Waals surface area contributed by atoms with Crippen LogP contribution >= 0.6 is 0 Å². The summed E-state index contributed by atoms with van der Waals surface area (Å²) in [5, 5.41) is 11.1. The molecule has 0 saturated heterocycles. The summed E-state index contributed by atoms with van der Waals surface area (Å²) >= 11 is 0. The molecule has 29 heavy (non-hydrogen) atoms. The van der Waals surface area contributed by atoms with Gasteiger partial charge in [0, 0.05) is 13.1 Å². The molecular formula is C20H26N6O3. The number of rotatable bonds is 0. The Labute approximate surface area is 169 Å².